The Morgan fingerprint density at radius 1 is 1.55 bits per heavy atom. The van der Waals surface area contributed by atoms with Gasteiger partial charge in [0.05, 0.1) is 0 Å². The summed E-state index contributed by atoms with van der Waals surface area (Å²) < 4.78 is 0. The van der Waals surface area contributed by atoms with Gasteiger partial charge in [0.2, 0.25) is 10.9 Å². The maximum atomic E-state index is 10.2. The van der Waals surface area contributed by atoms with Crippen LogP contribution in [0.1, 0.15) is 0 Å². The van der Waals surface area contributed by atoms with E-state index >= 15 is 0 Å². The van der Waals surface area contributed by atoms with Gasteiger partial charge in [0.1, 0.15) is 0 Å². The summed E-state index contributed by atoms with van der Waals surface area (Å²) in [5, 5.41) is 3.31. The fourth-order valence-electron chi connectivity index (χ4n) is 0.198. The lowest BCUT2D eigenvalue weighted by Crippen LogP contribution is -2.33. The predicted octanol–water partition coefficient (Wildman–Crippen LogP) is -1.68. The first kappa shape index (κ1) is 9.50. The van der Waals surface area contributed by atoms with Crippen molar-refractivity contribution in [1.82, 2.24) is 5.43 Å². The van der Waals surface area contributed by atoms with Gasteiger partial charge in [0.15, 0.2) is 0 Å². The highest BCUT2D eigenvalue weighted by Gasteiger charge is 1.98. The number of nitrogens with one attached hydrogen (secondary N) is 1. The van der Waals surface area contributed by atoms with Crippen LogP contribution in [-0.2, 0) is 4.79 Å². The largest absolute Gasteiger partial charge is 0.378 e. The van der Waals surface area contributed by atoms with Gasteiger partial charge in [0.25, 0.3) is 5.91 Å². The molecule has 0 atom stereocenters. The Morgan fingerprint density at radius 2 is 2.09 bits per heavy atom. The van der Waals surface area contributed by atoms with Gasteiger partial charge in [-0.15, -0.1) is 5.10 Å². The van der Waals surface area contributed by atoms with Crippen molar-refractivity contribution in [3.63, 3.8) is 0 Å². The molecule has 0 fully saturated rings. The van der Waals surface area contributed by atoms with E-state index < -0.39 is 5.91 Å². The minimum absolute atomic E-state index is 0.0224. The molecule has 0 aromatic rings. The number of aliphatic imine (C=N–C) groups is 1. The molecule has 0 saturated carbocycles. The van der Waals surface area contributed by atoms with E-state index in [1.807, 2.05) is 0 Å². The fourth-order valence-corrected chi connectivity index (χ4v) is 0.244. The first-order valence-corrected chi connectivity index (χ1v) is 2.88. The Hall–Kier alpha value is -1.50. The van der Waals surface area contributed by atoms with Gasteiger partial charge in [0, 0.05) is 0 Å². The van der Waals surface area contributed by atoms with Crippen LogP contribution in [0.2, 0.25) is 0 Å². The molecular formula is C4H7N5OS. The number of hydrogen-bond donors (Lipinski definition) is 3. The molecule has 0 bridgehead atoms. The van der Waals surface area contributed by atoms with E-state index in [2.05, 4.69) is 34.5 Å². The molecule has 0 spiro atoms. The number of carbonyl (C=O) groups excluding carboxylic acids is 1. The van der Waals surface area contributed by atoms with Gasteiger partial charge >= 0.3 is 0 Å². The van der Waals surface area contributed by atoms with Crippen molar-refractivity contribution in [2.75, 3.05) is 0 Å². The van der Waals surface area contributed by atoms with Gasteiger partial charge in [-0.2, -0.15) is 0 Å². The lowest BCUT2D eigenvalue weighted by molar-refractivity contribution is -0.112. The zero-order valence-electron chi connectivity index (χ0n) is 5.57. The van der Waals surface area contributed by atoms with E-state index in [-0.39, 0.29) is 10.9 Å². The highest BCUT2D eigenvalue weighted by molar-refractivity contribution is 7.80. The number of primary amides is 1. The Balaban J connectivity index is 4.02. The van der Waals surface area contributed by atoms with Crippen LogP contribution in [0.3, 0.4) is 0 Å². The third kappa shape index (κ3) is 3.98. The van der Waals surface area contributed by atoms with Crippen molar-refractivity contribution in [3.8, 4) is 0 Å². The zero-order valence-corrected chi connectivity index (χ0v) is 6.39. The second-order valence-electron chi connectivity index (χ2n) is 1.44. The maximum absolute atomic E-state index is 10.2. The molecule has 7 heteroatoms. The zero-order chi connectivity index (χ0) is 8.85. The van der Waals surface area contributed by atoms with Gasteiger partial charge in [-0.1, -0.05) is 0 Å². The molecular weight excluding hydrogens is 166 g/mol. The summed E-state index contributed by atoms with van der Waals surface area (Å²) in [6, 6.07) is 0. The number of nitrogens with two attached hydrogens (primary N) is 2. The first-order chi connectivity index (χ1) is 5.07. The summed E-state index contributed by atoms with van der Waals surface area (Å²) in [4.78, 5) is 13.5. The van der Waals surface area contributed by atoms with Crippen LogP contribution in [0.15, 0.2) is 10.1 Å². The molecule has 6 nitrogen and oxygen atoms in total. The second-order valence-corrected chi connectivity index (χ2v) is 1.82. The second kappa shape index (κ2) is 4.34. The van der Waals surface area contributed by atoms with Gasteiger partial charge in [-0.3, -0.25) is 4.79 Å². The van der Waals surface area contributed by atoms with E-state index in [4.69, 9.17) is 11.5 Å². The molecule has 0 saturated heterocycles. The van der Waals surface area contributed by atoms with E-state index in [0.29, 0.717) is 0 Å². The van der Waals surface area contributed by atoms with E-state index in [9.17, 15) is 4.79 Å². The molecule has 60 valence electrons. The summed E-state index contributed by atoms with van der Waals surface area (Å²) in [5.74, 6) is -1.19. The van der Waals surface area contributed by atoms with Crippen LogP contribution in [0.4, 0.5) is 0 Å². The van der Waals surface area contributed by atoms with Crippen molar-refractivity contribution in [3.05, 3.63) is 0 Å². The van der Waals surface area contributed by atoms with Crippen LogP contribution in [-0.4, -0.2) is 23.6 Å². The Labute approximate surface area is 68.3 Å². The standard InChI is InChI=1S/C4H7N5OS/c1-7-4(11)9-8-2(5)3(6)10/h1H2,(H2,5,8)(H2,6,10)(H,9,11). The normalized spacial score (nSPS) is 10.4. The average molecular weight is 173 g/mol. The number of hydrogen-bond acceptors (Lipinski definition) is 3. The summed E-state index contributed by atoms with van der Waals surface area (Å²) in [6.45, 7) is 3.10. The van der Waals surface area contributed by atoms with Crippen LogP contribution in [0, 0.1) is 0 Å². The third-order valence-corrected chi connectivity index (χ3v) is 0.888. The molecule has 0 heterocycles. The van der Waals surface area contributed by atoms with Crippen molar-refractivity contribution in [1.29, 1.82) is 0 Å². The highest BCUT2D eigenvalue weighted by Crippen LogP contribution is 1.71. The number of thiocarbonyl (C=S) groups is 1. The Kier molecular flexibility index (Phi) is 3.75. The van der Waals surface area contributed by atoms with Crippen LogP contribution in [0.5, 0.6) is 0 Å². The van der Waals surface area contributed by atoms with Crippen LogP contribution in [0.25, 0.3) is 0 Å². The summed E-state index contributed by atoms with van der Waals surface area (Å²) in [6.07, 6.45) is 0. The third-order valence-electron chi connectivity index (χ3n) is 0.668. The van der Waals surface area contributed by atoms with Crippen LogP contribution >= 0.6 is 12.2 Å². The van der Waals surface area contributed by atoms with Gasteiger partial charge in [-0.25, -0.2) is 10.4 Å². The van der Waals surface area contributed by atoms with E-state index in [1.165, 1.54) is 0 Å². The first-order valence-electron chi connectivity index (χ1n) is 2.47. The van der Waals surface area contributed by atoms with E-state index in [0.717, 1.165) is 0 Å². The monoisotopic (exact) mass is 173 g/mol. The molecule has 0 aliphatic heterocycles. The summed E-state index contributed by atoms with van der Waals surface area (Å²) in [5.41, 5.74) is 11.9. The minimum atomic E-state index is -0.829. The molecule has 0 aliphatic carbocycles. The SMILES string of the molecule is C=NC(=S)N/N=C(\N)C(N)=O. The molecule has 1 amide bonds. The topological polar surface area (TPSA) is 106 Å². The molecule has 0 aromatic heterocycles. The molecule has 0 unspecified atom stereocenters. The van der Waals surface area contributed by atoms with E-state index in [1.54, 1.807) is 0 Å². The molecule has 0 rings (SSSR count). The number of carbonyl (C=O) groups is 1. The smallest absolute Gasteiger partial charge is 0.285 e. The molecule has 5 N–H and O–H groups in total. The lowest BCUT2D eigenvalue weighted by Gasteiger charge is -1.95. The number of amidine groups is 1. The van der Waals surface area contributed by atoms with Crippen molar-refractivity contribution < 1.29 is 4.79 Å². The Morgan fingerprint density at radius 3 is 2.45 bits per heavy atom. The summed E-state index contributed by atoms with van der Waals surface area (Å²) in [7, 11) is 0. The quantitative estimate of drug-likeness (QED) is 0.190. The average Bonchev–Trinajstić information content (AvgIpc) is 1.99. The maximum Gasteiger partial charge on any atom is 0.285 e. The molecule has 0 aliphatic rings. The van der Waals surface area contributed by atoms with Crippen molar-refractivity contribution in [2.24, 2.45) is 21.6 Å². The van der Waals surface area contributed by atoms with Gasteiger partial charge in [-0.05, 0) is 18.9 Å². The summed E-state index contributed by atoms with van der Waals surface area (Å²) >= 11 is 4.51. The molecule has 0 radical (unpaired) electrons. The molecule has 11 heavy (non-hydrogen) atoms. The van der Waals surface area contributed by atoms with Crippen molar-refractivity contribution in [2.45, 2.75) is 0 Å². The van der Waals surface area contributed by atoms with Gasteiger partial charge < -0.3 is 11.5 Å². The highest BCUT2D eigenvalue weighted by atomic mass is 32.1. The van der Waals surface area contributed by atoms with Crippen LogP contribution < -0.4 is 16.9 Å². The Bertz CT molecular complexity index is 223. The minimum Gasteiger partial charge on any atom is -0.378 e. The molecule has 0 aromatic carbocycles. The number of amides is 1. The number of nitrogens with zero attached hydrogens (tertiary/aromatic N) is 2. The predicted molar refractivity (Wildman–Crippen MR) is 46.1 cm³/mol. The fraction of sp³-hybridized carbons (Fsp3) is 0. The van der Waals surface area contributed by atoms with Crippen molar-refractivity contribution >= 4 is 35.8 Å². The number of rotatable bonds is 1. The lowest BCUT2D eigenvalue weighted by atomic mass is 10.6. The number of hydrazone groups is 1.